The zero-order chi connectivity index (χ0) is 15.6. The van der Waals surface area contributed by atoms with Crippen molar-refractivity contribution >= 4 is 39.2 Å². The number of nitrogens with two attached hydrogens (primary N) is 1. The van der Waals surface area contributed by atoms with Crippen LogP contribution < -0.4 is 11.1 Å². The third-order valence-electron chi connectivity index (χ3n) is 2.98. The fraction of sp³-hybridized carbons (Fsp3) is 0.0667. The van der Waals surface area contributed by atoms with Crippen molar-refractivity contribution in [3.63, 3.8) is 0 Å². The summed E-state index contributed by atoms with van der Waals surface area (Å²) in [6.07, 6.45) is 0. The summed E-state index contributed by atoms with van der Waals surface area (Å²) in [6, 6.07) is 9.42. The van der Waals surface area contributed by atoms with E-state index in [1.54, 1.807) is 12.1 Å². The summed E-state index contributed by atoms with van der Waals surface area (Å²) >= 11 is 3.37. The number of benzene rings is 2. The molecule has 2 aromatic carbocycles. The molecular weight excluding hydrogens is 336 g/mol. The van der Waals surface area contributed by atoms with Gasteiger partial charge in [-0.3, -0.25) is 4.79 Å². The van der Waals surface area contributed by atoms with Crippen molar-refractivity contribution in [2.75, 3.05) is 11.1 Å². The van der Waals surface area contributed by atoms with Crippen molar-refractivity contribution in [1.29, 1.82) is 0 Å². The van der Waals surface area contributed by atoms with Gasteiger partial charge in [-0.25, -0.2) is 4.79 Å². The molecule has 0 heterocycles. The van der Waals surface area contributed by atoms with Gasteiger partial charge in [0.05, 0.1) is 16.9 Å². The molecule has 2 rings (SSSR count). The second-order valence-electron chi connectivity index (χ2n) is 4.53. The smallest absolute Gasteiger partial charge is 0.335 e. The maximum Gasteiger partial charge on any atom is 0.335 e. The molecule has 0 aromatic heterocycles. The molecule has 21 heavy (non-hydrogen) atoms. The van der Waals surface area contributed by atoms with Crippen LogP contribution in [-0.4, -0.2) is 17.0 Å². The Labute approximate surface area is 129 Å². The summed E-state index contributed by atoms with van der Waals surface area (Å²) in [5, 5.41) is 11.5. The van der Waals surface area contributed by atoms with Gasteiger partial charge in [-0.1, -0.05) is 22.0 Å². The van der Waals surface area contributed by atoms with E-state index in [9.17, 15) is 9.59 Å². The van der Waals surface area contributed by atoms with Crippen LogP contribution >= 0.6 is 15.9 Å². The highest BCUT2D eigenvalue weighted by atomic mass is 79.9. The van der Waals surface area contributed by atoms with Crippen molar-refractivity contribution in [3.8, 4) is 0 Å². The first kappa shape index (κ1) is 15.1. The highest BCUT2D eigenvalue weighted by Crippen LogP contribution is 2.22. The van der Waals surface area contributed by atoms with Crippen LogP contribution in [-0.2, 0) is 0 Å². The number of carboxylic acid groups (broad SMARTS) is 1. The Morgan fingerprint density at radius 3 is 2.38 bits per heavy atom. The predicted molar refractivity (Wildman–Crippen MR) is 84.6 cm³/mol. The SMILES string of the molecule is Cc1ccc(C(=O)Nc2ccc(C(=O)O)cc2N)cc1Br. The molecule has 0 spiro atoms. The first-order valence-electron chi connectivity index (χ1n) is 6.09. The number of anilines is 2. The number of nitrogens with one attached hydrogen (secondary N) is 1. The Kier molecular flexibility index (Phi) is 4.28. The van der Waals surface area contributed by atoms with E-state index < -0.39 is 5.97 Å². The number of carboxylic acids is 1. The van der Waals surface area contributed by atoms with Crippen LogP contribution in [0.3, 0.4) is 0 Å². The van der Waals surface area contributed by atoms with E-state index in [2.05, 4.69) is 21.2 Å². The number of aryl methyl sites for hydroxylation is 1. The largest absolute Gasteiger partial charge is 0.478 e. The fourth-order valence-corrected chi connectivity index (χ4v) is 2.12. The number of amides is 1. The highest BCUT2D eigenvalue weighted by Gasteiger charge is 2.11. The molecule has 1 amide bonds. The molecule has 0 saturated heterocycles. The summed E-state index contributed by atoms with van der Waals surface area (Å²) < 4.78 is 0.837. The van der Waals surface area contributed by atoms with E-state index in [4.69, 9.17) is 10.8 Å². The Balaban J connectivity index is 2.23. The van der Waals surface area contributed by atoms with Gasteiger partial charge in [0, 0.05) is 10.0 Å². The quantitative estimate of drug-likeness (QED) is 0.742. The van der Waals surface area contributed by atoms with Gasteiger partial charge >= 0.3 is 5.97 Å². The van der Waals surface area contributed by atoms with E-state index in [1.165, 1.54) is 18.2 Å². The number of hydrogen-bond acceptors (Lipinski definition) is 3. The van der Waals surface area contributed by atoms with E-state index >= 15 is 0 Å². The minimum Gasteiger partial charge on any atom is -0.478 e. The van der Waals surface area contributed by atoms with Gasteiger partial charge in [0.25, 0.3) is 5.91 Å². The standard InChI is InChI=1S/C15H13BrN2O3/c1-8-2-3-9(6-11(8)16)14(19)18-13-5-4-10(15(20)21)7-12(13)17/h2-7H,17H2,1H3,(H,18,19)(H,20,21). The van der Waals surface area contributed by atoms with Gasteiger partial charge in [-0.15, -0.1) is 0 Å². The highest BCUT2D eigenvalue weighted by molar-refractivity contribution is 9.10. The molecule has 0 radical (unpaired) electrons. The third kappa shape index (κ3) is 3.41. The number of aromatic carboxylic acids is 1. The molecule has 5 nitrogen and oxygen atoms in total. The molecule has 6 heteroatoms. The summed E-state index contributed by atoms with van der Waals surface area (Å²) in [4.78, 5) is 23.0. The first-order chi connectivity index (χ1) is 9.88. The number of halogens is 1. The Morgan fingerprint density at radius 1 is 1.14 bits per heavy atom. The molecule has 4 N–H and O–H groups in total. The number of nitrogen functional groups attached to an aromatic ring is 1. The molecule has 0 fully saturated rings. The molecule has 0 aliphatic heterocycles. The molecular formula is C15H13BrN2O3. The maximum absolute atomic E-state index is 12.1. The van der Waals surface area contributed by atoms with E-state index in [-0.39, 0.29) is 17.2 Å². The molecule has 108 valence electrons. The van der Waals surface area contributed by atoms with Crippen LogP contribution in [0.2, 0.25) is 0 Å². The molecule has 0 aliphatic rings. The lowest BCUT2D eigenvalue weighted by atomic mass is 10.1. The van der Waals surface area contributed by atoms with Crippen LogP contribution in [0.25, 0.3) is 0 Å². The fourth-order valence-electron chi connectivity index (χ4n) is 1.74. The van der Waals surface area contributed by atoms with Gasteiger partial charge in [0.1, 0.15) is 0 Å². The Hall–Kier alpha value is -2.34. The third-order valence-corrected chi connectivity index (χ3v) is 3.84. The zero-order valence-corrected chi connectivity index (χ0v) is 12.8. The summed E-state index contributed by atoms with van der Waals surface area (Å²) in [5.41, 5.74) is 7.91. The van der Waals surface area contributed by atoms with E-state index in [0.29, 0.717) is 11.3 Å². The zero-order valence-electron chi connectivity index (χ0n) is 11.2. The van der Waals surface area contributed by atoms with Crippen LogP contribution in [0.4, 0.5) is 11.4 Å². The van der Waals surface area contributed by atoms with Gasteiger partial charge in [-0.05, 0) is 42.8 Å². The lowest BCUT2D eigenvalue weighted by Gasteiger charge is -2.09. The summed E-state index contributed by atoms with van der Waals surface area (Å²) in [6.45, 7) is 1.92. The number of carbonyl (C=O) groups excluding carboxylic acids is 1. The molecule has 2 aromatic rings. The Bertz CT molecular complexity index is 729. The molecule has 0 unspecified atom stereocenters. The predicted octanol–water partition coefficient (Wildman–Crippen LogP) is 3.29. The lowest BCUT2D eigenvalue weighted by Crippen LogP contribution is -2.13. The summed E-state index contributed by atoms with van der Waals surface area (Å²) in [7, 11) is 0. The maximum atomic E-state index is 12.1. The van der Waals surface area contributed by atoms with Crippen LogP contribution in [0.1, 0.15) is 26.3 Å². The number of carbonyl (C=O) groups is 2. The van der Waals surface area contributed by atoms with Crippen molar-refractivity contribution in [3.05, 3.63) is 57.6 Å². The molecule has 0 atom stereocenters. The van der Waals surface area contributed by atoms with Gasteiger partial charge in [-0.2, -0.15) is 0 Å². The minimum atomic E-state index is -1.07. The number of hydrogen-bond donors (Lipinski definition) is 3. The van der Waals surface area contributed by atoms with Crippen LogP contribution in [0.5, 0.6) is 0 Å². The second kappa shape index (κ2) is 5.97. The van der Waals surface area contributed by atoms with E-state index in [0.717, 1.165) is 10.0 Å². The average molecular weight is 349 g/mol. The first-order valence-corrected chi connectivity index (χ1v) is 6.88. The van der Waals surface area contributed by atoms with Crippen molar-refractivity contribution in [2.24, 2.45) is 0 Å². The lowest BCUT2D eigenvalue weighted by molar-refractivity contribution is 0.0697. The van der Waals surface area contributed by atoms with Crippen LogP contribution in [0, 0.1) is 6.92 Å². The van der Waals surface area contributed by atoms with Gasteiger partial charge < -0.3 is 16.2 Å². The monoisotopic (exact) mass is 348 g/mol. The topological polar surface area (TPSA) is 92.4 Å². The second-order valence-corrected chi connectivity index (χ2v) is 5.38. The van der Waals surface area contributed by atoms with Gasteiger partial charge in [0.2, 0.25) is 0 Å². The van der Waals surface area contributed by atoms with Crippen molar-refractivity contribution in [2.45, 2.75) is 6.92 Å². The average Bonchev–Trinajstić information content (AvgIpc) is 2.43. The molecule has 0 saturated carbocycles. The minimum absolute atomic E-state index is 0.0728. The van der Waals surface area contributed by atoms with Crippen molar-refractivity contribution < 1.29 is 14.7 Å². The number of rotatable bonds is 3. The summed E-state index contributed by atoms with van der Waals surface area (Å²) in [5.74, 6) is -1.38. The normalized spacial score (nSPS) is 10.2. The Morgan fingerprint density at radius 2 is 1.81 bits per heavy atom. The van der Waals surface area contributed by atoms with Gasteiger partial charge in [0.15, 0.2) is 0 Å². The van der Waals surface area contributed by atoms with E-state index in [1.807, 2.05) is 13.0 Å². The van der Waals surface area contributed by atoms with Crippen molar-refractivity contribution in [1.82, 2.24) is 0 Å². The van der Waals surface area contributed by atoms with Crippen LogP contribution in [0.15, 0.2) is 40.9 Å². The molecule has 0 aliphatic carbocycles. The molecule has 0 bridgehead atoms.